The second-order valence-corrected chi connectivity index (χ2v) is 11.8. The van der Waals surface area contributed by atoms with Gasteiger partial charge in [-0.05, 0) is 19.1 Å². The molecule has 1 unspecified atom stereocenters. The molecule has 0 saturated heterocycles. The van der Waals surface area contributed by atoms with Crippen LogP contribution in [0.2, 0.25) is 10.0 Å². The molecule has 6 nitrogen and oxygen atoms in total. The van der Waals surface area contributed by atoms with Crippen LogP contribution >= 0.6 is 56.6 Å². The molecule has 1 aromatic carbocycles. The van der Waals surface area contributed by atoms with Gasteiger partial charge < -0.3 is 10.1 Å². The molecule has 0 spiro atoms. The van der Waals surface area contributed by atoms with E-state index >= 15 is 0 Å². The van der Waals surface area contributed by atoms with Crippen molar-refractivity contribution < 1.29 is 29.0 Å². The summed E-state index contributed by atoms with van der Waals surface area (Å²) in [6.07, 6.45) is -0.165. The van der Waals surface area contributed by atoms with Crippen LogP contribution in [0.15, 0.2) is 17.0 Å². The Morgan fingerprint density at radius 2 is 1.79 bits per heavy atom. The van der Waals surface area contributed by atoms with E-state index in [-0.39, 0.29) is 42.2 Å². The maximum absolute atomic E-state index is 13.2. The molecule has 1 atom stereocenters. The van der Waals surface area contributed by atoms with E-state index in [0.29, 0.717) is 0 Å². The lowest BCUT2D eigenvalue weighted by atomic mass is 9.95. The number of halogens is 9. The molecular weight excluding hydrogens is 561 g/mol. The first kappa shape index (κ1) is 26.0. The fourth-order valence-electron chi connectivity index (χ4n) is 3.40. The molecule has 16 heteroatoms. The summed E-state index contributed by atoms with van der Waals surface area (Å²) < 4.78 is 70.4. The number of ether oxygens (including phenoxy) is 1. The molecule has 3 rings (SSSR count). The van der Waals surface area contributed by atoms with Gasteiger partial charge in [0.15, 0.2) is 5.69 Å². The van der Waals surface area contributed by atoms with Gasteiger partial charge in [-0.2, -0.15) is 10.4 Å². The molecule has 182 valence electrons. The lowest BCUT2D eigenvalue weighted by Crippen LogP contribution is -2.30. The average molecular weight is 574 g/mol. The van der Waals surface area contributed by atoms with Crippen LogP contribution in [0.25, 0.3) is 5.69 Å². The van der Waals surface area contributed by atoms with E-state index in [4.69, 9.17) is 51.1 Å². The van der Waals surface area contributed by atoms with E-state index in [1.54, 1.807) is 6.07 Å². The van der Waals surface area contributed by atoms with E-state index < -0.39 is 46.6 Å². The van der Waals surface area contributed by atoms with Crippen LogP contribution < -0.4 is 5.32 Å². The maximum Gasteiger partial charge on any atom is 0.320 e. The summed E-state index contributed by atoms with van der Waals surface area (Å²) in [5, 5.41) is 14.6. The monoisotopic (exact) mass is 572 g/mol. The molecule has 33 heavy (non-hydrogen) atoms. The third-order valence-electron chi connectivity index (χ3n) is 4.91. The second kappa shape index (κ2) is 7.18. The molecular formula is C17H13Cl4F5N4O2S. The lowest BCUT2D eigenvalue weighted by Gasteiger charge is -2.40. The van der Waals surface area contributed by atoms with Crippen LogP contribution in [-0.2, 0) is 14.9 Å². The first-order valence-corrected chi connectivity index (χ1v) is 12.3. The van der Waals surface area contributed by atoms with Crippen LogP contribution in [0.4, 0.5) is 25.2 Å². The normalized spacial score (nSPS) is 21.5. The van der Waals surface area contributed by atoms with E-state index in [1.807, 2.05) is 0 Å². The fraction of sp³-hybridized carbons (Fsp3) is 0.353. The molecule has 1 heterocycles. The van der Waals surface area contributed by atoms with Crippen molar-refractivity contribution >= 4 is 68.4 Å². The van der Waals surface area contributed by atoms with Crippen LogP contribution in [0.1, 0.15) is 24.6 Å². The zero-order valence-electron chi connectivity index (χ0n) is 16.5. The van der Waals surface area contributed by atoms with Gasteiger partial charge in [-0.3, -0.25) is 4.79 Å². The molecule has 2 aromatic rings. The highest BCUT2D eigenvalue weighted by molar-refractivity contribution is 8.45. The third kappa shape index (κ3) is 4.18. The Kier molecular flexibility index (Phi) is 5.65. The van der Waals surface area contributed by atoms with Crippen LogP contribution in [0.5, 0.6) is 0 Å². The number of hydrogen-bond donors (Lipinski definition) is 1. The molecule has 1 fully saturated rings. The lowest BCUT2D eigenvalue weighted by molar-refractivity contribution is -0.146. The Balaban J connectivity index is 2.32. The summed E-state index contributed by atoms with van der Waals surface area (Å²) in [6, 6.07) is 1.76. The third-order valence-corrected chi connectivity index (χ3v) is 7.53. The summed E-state index contributed by atoms with van der Waals surface area (Å²) >= 11 is 24.3. The van der Waals surface area contributed by atoms with Crippen molar-refractivity contribution in [3.05, 3.63) is 33.4 Å². The van der Waals surface area contributed by atoms with Crippen molar-refractivity contribution in [3.63, 3.8) is 0 Å². The minimum absolute atomic E-state index is 0.00278. The number of carbonyl (C=O) groups excluding carboxylic acids is 1. The second-order valence-electron chi connectivity index (χ2n) is 7.06. The van der Waals surface area contributed by atoms with Crippen LogP contribution in [-0.4, -0.2) is 33.7 Å². The van der Waals surface area contributed by atoms with Gasteiger partial charge in [0.05, 0.1) is 22.2 Å². The van der Waals surface area contributed by atoms with Gasteiger partial charge in [-0.25, -0.2) is 4.68 Å². The van der Waals surface area contributed by atoms with E-state index in [9.17, 15) is 29.5 Å². The molecule has 1 aliphatic rings. The summed E-state index contributed by atoms with van der Waals surface area (Å²) in [5.74, 6) is -0.998. The number of anilines is 1. The van der Waals surface area contributed by atoms with Gasteiger partial charge in [-0.15, -0.1) is 0 Å². The summed E-state index contributed by atoms with van der Waals surface area (Å²) in [6.45, 7) is 1.49. The highest BCUT2D eigenvalue weighted by Crippen LogP contribution is 3.02. The number of nitriles is 1. The highest BCUT2D eigenvalue weighted by Gasteiger charge is 2.75. The number of aromatic nitrogens is 2. The quantitative estimate of drug-likeness (QED) is 0.226. The number of nitrogens with zero attached hydrogens (tertiary/aromatic N) is 3. The van der Waals surface area contributed by atoms with Gasteiger partial charge in [0, 0.05) is 13.5 Å². The molecule has 1 aliphatic carbocycles. The van der Waals surface area contributed by atoms with Gasteiger partial charge in [0.25, 0.3) is 0 Å². The number of rotatable bonds is 6. The number of carbonyl (C=O) groups is 1. The predicted molar refractivity (Wildman–Crippen MR) is 117 cm³/mol. The van der Waals surface area contributed by atoms with Gasteiger partial charge in [0.2, 0.25) is 0 Å². The molecule has 1 N–H and O–H groups in total. The first-order valence-electron chi connectivity index (χ1n) is 8.84. The zero-order chi connectivity index (χ0) is 25.3. The summed E-state index contributed by atoms with van der Waals surface area (Å²) in [5.41, 5.74) is -2.69. The summed E-state index contributed by atoms with van der Waals surface area (Å²) in [7, 11) is -8.76. The van der Waals surface area contributed by atoms with Crippen molar-refractivity contribution in [2.75, 3.05) is 19.0 Å². The fourth-order valence-corrected chi connectivity index (χ4v) is 5.60. The molecule has 0 radical (unpaired) electrons. The number of esters is 1. The first-order chi connectivity index (χ1) is 14.8. The smallest absolute Gasteiger partial charge is 0.320 e. The topological polar surface area (TPSA) is 79.9 Å². The Bertz CT molecular complexity index is 1210. The highest BCUT2D eigenvalue weighted by atomic mass is 35.5. The van der Waals surface area contributed by atoms with Gasteiger partial charge in [-0.1, -0.05) is 65.8 Å². The number of hydrogen-bond acceptors (Lipinski definition) is 5. The van der Waals surface area contributed by atoms with Crippen LogP contribution in [0, 0.1) is 11.3 Å². The Hall–Kier alpha value is -1.65. The molecule has 0 aliphatic heterocycles. The molecule has 0 bridgehead atoms. The standard InChI is InChI=1S/C17H13Cl4F5N4O2S/c1-3-32-15(31)16(7-17(16,20)21)12-11(6-27)29-30(14(12)28-2)13-9(18)4-8(5-10(13)19)33(22,23,24,25)26/h4-5,28H,3,7H2,1-2H3. The SMILES string of the molecule is CCOC(=O)C1(c2c(C#N)nn(-c3c(Cl)cc(S(F)(F)(F)(F)F)cc3Cl)c2NC)CC1(Cl)Cl. The van der Waals surface area contributed by atoms with Crippen molar-refractivity contribution in [1.82, 2.24) is 9.78 Å². The van der Waals surface area contributed by atoms with E-state index in [0.717, 1.165) is 4.68 Å². The van der Waals surface area contributed by atoms with Gasteiger partial charge in [0.1, 0.15) is 32.2 Å². The van der Waals surface area contributed by atoms with Crippen molar-refractivity contribution in [2.24, 2.45) is 0 Å². The minimum Gasteiger partial charge on any atom is -0.465 e. The maximum atomic E-state index is 13.2. The number of alkyl halides is 2. The average Bonchev–Trinajstić information content (AvgIpc) is 3.05. The minimum atomic E-state index is -10.1. The van der Waals surface area contributed by atoms with Crippen molar-refractivity contribution in [3.8, 4) is 11.8 Å². The summed E-state index contributed by atoms with van der Waals surface area (Å²) in [4.78, 5) is 10.5. The number of benzene rings is 1. The van der Waals surface area contributed by atoms with Crippen molar-refractivity contribution in [2.45, 2.75) is 28.0 Å². The number of nitrogens with one attached hydrogen (secondary N) is 1. The Morgan fingerprint density at radius 1 is 1.27 bits per heavy atom. The largest absolute Gasteiger partial charge is 0.465 e. The Morgan fingerprint density at radius 3 is 2.15 bits per heavy atom. The van der Waals surface area contributed by atoms with Gasteiger partial charge >= 0.3 is 16.2 Å². The predicted octanol–water partition coefficient (Wildman–Crippen LogP) is 7.13. The van der Waals surface area contributed by atoms with Crippen molar-refractivity contribution in [1.29, 1.82) is 5.26 Å². The molecule has 1 aromatic heterocycles. The molecule has 0 amide bonds. The van der Waals surface area contributed by atoms with E-state index in [2.05, 4.69) is 10.4 Å². The van der Waals surface area contributed by atoms with E-state index in [1.165, 1.54) is 14.0 Å². The zero-order valence-corrected chi connectivity index (χ0v) is 20.4. The van der Waals surface area contributed by atoms with Crippen LogP contribution in [0.3, 0.4) is 0 Å². The Labute approximate surface area is 204 Å². The molecule has 1 saturated carbocycles.